The summed E-state index contributed by atoms with van der Waals surface area (Å²) in [5.74, 6) is 0.656. The fraction of sp³-hybridized carbons (Fsp3) is 0.292. The Balaban J connectivity index is 1.15. The van der Waals surface area contributed by atoms with Gasteiger partial charge in [0.1, 0.15) is 11.9 Å². The van der Waals surface area contributed by atoms with Gasteiger partial charge in [0.2, 0.25) is 5.91 Å². The van der Waals surface area contributed by atoms with Gasteiger partial charge in [-0.25, -0.2) is 4.98 Å². The van der Waals surface area contributed by atoms with Crippen molar-refractivity contribution >= 4 is 23.3 Å². The molecule has 0 saturated carbocycles. The summed E-state index contributed by atoms with van der Waals surface area (Å²) >= 11 is 0. The second kappa shape index (κ2) is 9.33. The summed E-state index contributed by atoms with van der Waals surface area (Å²) < 4.78 is 5.88. The van der Waals surface area contributed by atoms with Crippen molar-refractivity contribution in [2.75, 3.05) is 31.6 Å². The topological polar surface area (TPSA) is 101 Å². The van der Waals surface area contributed by atoms with Crippen LogP contribution in [0.15, 0.2) is 61.2 Å². The summed E-state index contributed by atoms with van der Waals surface area (Å²) in [6, 6.07) is 11.4. The summed E-state index contributed by atoms with van der Waals surface area (Å²) in [5, 5.41) is 3.14. The van der Waals surface area contributed by atoms with Crippen LogP contribution in [0.5, 0.6) is 0 Å². The van der Waals surface area contributed by atoms with Crippen LogP contribution in [0.2, 0.25) is 0 Å². The highest BCUT2D eigenvalue weighted by Gasteiger charge is 2.29. The van der Waals surface area contributed by atoms with Crippen LogP contribution >= 0.6 is 0 Å². The van der Waals surface area contributed by atoms with Crippen LogP contribution in [0.25, 0.3) is 0 Å². The molecule has 0 bridgehead atoms. The van der Waals surface area contributed by atoms with E-state index in [4.69, 9.17) is 4.74 Å². The van der Waals surface area contributed by atoms with Gasteiger partial charge in [-0.15, -0.1) is 0 Å². The molecule has 0 radical (unpaired) electrons. The zero-order chi connectivity index (χ0) is 22.6. The lowest BCUT2D eigenvalue weighted by atomic mass is 10.1. The van der Waals surface area contributed by atoms with E-state index in [1.165, 1.54) is 0 Å². The molecule has 9 heteroatoms. The Morgan fingerprint density at radius 3 is 2.82 bits per heavy atom. The van der Waals surface area contributed by atoms with Gasteiger partial charge < -0.3 is 19.9 Å². The van der Waals surface area contributed by atoms with Crippen molar-refractivity contribution in [2.24, 2.45) is 0 Å². The highest BCUT2D eigenvalue weighted by atomic mass is 16.5. The lowest BCUT2D eigenvalue weighted by Crippen LogP contribution is -2.43. The fourth-order valence-electron chi connectivity index (χ4n) is 4.12. The summed E-state index contributed by atoms with van der Waals surface area (Å²) in [6.45, 7) is 2.40. The molecule has 1 unspecified atom stereocenters. The van der Waals surface area contributed by atoms with Crippen molar-refractivity contribution in [3.63, 3.8) is 0 Å². The molecular weight excluding hydrogens is 420 g/mol. The van der Waals surface area contributed by atoms with Gasteiger partial charge in [0.25, 0.3) is 5.91 Å². The first kappa shape index (κ1) is 21.0. The van der Waals surface area contributed by atoms with Crippen molar-refractivity contribution in [1.29, 1.82) is 0 Å². The van der Waals surface area contributed by atoms with Crippen LogP contribution in [0.1, 0.15) is 34.1 Å². The van der Waals surface area contributed by atoms with Crippen LogP contribution in [-0.2, 0) is 16.1 Å². The van der Waals surface area contributed by atoms with E-state index in [0.717, 1.165) is 22.5 Å². The standard InChI is InChI=1S/C24H24N6O3/c31-23(7-10-30-15-17-3-1-2-4-19(17)24(30)32)29-11-12-33-21(16-29)20-6-5-18(13-27-20)28-22-14-25-8-9-26-22/h1-6,8-9,13-14,21H,7,10-12,15-16H2,(H,26,28). The van der Waals surface area contributed by atoms with E-state index in [0.29, 0.717) is 45.0 Å². The van der Waals surface area contributed by atoms with Gasteiger partial charge in [-0.2, -0.15) is 0 Å². The molecule has 0 aliphatic carbocycles. The van der Waals surface area contributed by atoms with Crippen molar-refractivity contribution in [1.82, 2.24) is 24.8 Å². The monoisotopic (exact) mass is 444 g/mol. The molecule has 2 aliphatic heterocycles. The number of rotatable bonds is 6. The number of benzene rings is 1. The Hall–Kier alpha value is -3.85. The van der Waals surface area contributed by atoms with E-state index in [9.17, 15) is 9.59 Å². The molecule has 9 nitrogen and oxygen atoms in total. The lowest BCUT2D eigenvalue weighted by molar-refractivity contribution is -0.139. The predicted octanol–water partition coefficient (Wildman–Crippen LogP) is 2.56. The van der Waals surface area contributed by atoms with Crippen LogP contribution in [0.3, 0.4) is 0 Å². The summed E-state index contributed by atoms with van der Waals surface area (Å²) in [6.07, 6.45) is 6.58. The van der Waals surface area contributed by atoms with Gasteiger partial charge in [0.05, 0.1) is 36.9 Å². The second-order valence-corrected chi connectivity index (χ2v) is 8.02. The number of fused-ring (bicyclic) bond motifs is 1. The third-order valence-electron chi connectivity index (χ3n) is 5.86. The largest absolute Gasteiger partial charge is 0.368 e. The summed E-state index contributed by atoms with van der Waals surface area (Å²) in [5.41, 5.74) is 3.31. The molecule has 3 aromatic rings. The number of ether oxygens (including phenoxy) is 1. The Bertz CT molecular complexity index is 1140. The number of morpholine rings is 1. The van der Waals surface area contributed by atoms with Crippen LogP contribution < -0.4 is 5.32 Å². The summed E-state index contributed by atoms with van der Waals surface area (Å²) in [4.78, 5) is 41.6. The van der Waals surface area contributed by atoms with Gasteiger partial charge >= 0.3 is 0 Å². The quantitative estimate of drug-likeness (QED) is 0.624. The maximum Gasteiger partial charge on any atom is 0.254 e. The molecule has 33 heavy (non-hydrogen) atoms. The molecule has 2 amide bonds. The van der Waals surface area contributed by atoms with Crippen LogP contribution in [0, 0.1) is 0 Å². The smallest absolute Gasteiger partial charge is 0.254 e. The maximum absolute atomic E-state index is 12.9. The highest BCUT2D eigenvalue weighted by molar-refractivity contribution is 5.98. The number of pyridine rings is 1. The third kappa shape index (κ3) is 4.68. The van der Waals surface area contributed by atoms with Crippen molar-refractivity contribution in [3.05, 3.63) is 78.0 Å². The Labute approximate surface area is 191 Å². The molecule has 1 saturated heterocycles. The van der Waals surface area contributed by atoms with E-state index >= 15 is 0 Å². The molecule has 2 aliphatic rings. The highest BCUT2D eigenvalue weighted by Crippen LogP contribution is 2.24. The molecule has 0 spiro atoms. The minimum Gasteiger partial charge on any atom is -0.368 e. The lowest BCUT2D eigenvalue weighted by Gasteiger charge is -2.33. The fourth-order valence-corrected chi connectivity index (χ4v) is 4.12. The number of hydrogen-bond donors (Lipinski definition) is 1. The van der Waals surface area contributed by atoms with Gasteiger partial charge in [-0.3, -0.25) is 19.6 Å². The van der Waals surface area contributed by atoms with Crippen molar-refractivity contribution < 1.29 is 14.3 Å². The molecule has 5 rings (SSSR count). The molecule has 1 N–H and O–H groups in total. The predicted molar refractivity (Wildman–Crippen MR) is 121 cm³/mol. The molecule has 1 atom stereocenters. The number of aromatic nitrogens is 3. The molecule has 1 fully saturated rings. The third-order valence-corrected chi connectivity index (χ3v) is 5.86. The van der Waals surface area contributed by atoms with Crippen molar-refractivity contribution in [3.8, 4) is 0 Å². The normalized spacial score (nSPS) is 17.7. The van der Waals surface area contributed by atoms with E-state index in [1.807, 2.05) is 36.4 Å². The number of hydrogen-bond acceptors (Lipinski definition) is 7. The van der Waals surface area contributed by atoms with Crippen molar-refractivity contribution in [2.45, 2.75) is 19.1 Å². The number of anilines is 2. The molecule has 2 aromatic heterocycles. The molecule has 1 aromatic carbocycles. The van der Waals surface area contributed by atoms with Gasteiger partial charge in [-0.05, 0) is 23.8 Å². The first-order chi connectivity index (χ1) is 16.2. The zero-order valence-electron chi connectivity index (χ0n) is 18.1. The number of nitrogens with zero attached hydrogens (tertiary/aromatic N) is 5. The second-order valence-electron chi connectivity index (χ2n) is 8.02. The average molecular weight is 444 g/mol. The number of carbonyl (C=O) groups is 2. The SMILES string of the molecule is O=C(CCN1Cc2ccccc2C1=O)N1CCOC(c2ccc(Nc3cnccn3)cn2)C1. The van der Waals surface area contributed by atoms with Gasteiger partial charge in [0, 0.05) is 44.0 Å². The number of amides is 2. The van der Waals surface area contributed by atoms with E-state index in [1.54, 1.807) is 34.6 Å². The molecule has 168 valence electrons. The summed E-state index contributed by atoms with van der Waals surface area (Å²) in [7, 11) is 0. The minimum atomic E-state index is -0.286. The van der Waals surface area contributed by atoms with E-state index in [2.05, 4.69) is 20.3 Å². The zero-order valence-corrected chi connectivity index (χ0v) is 18.1. The number of carbonyl (C=O) groups excluding carboxylic acids is 2. The average Bonchev–Trinajstić information content (AvgIpc) is 3.19. The number of nitrogens with one attached hydrogen (secondary N) is 1. The van der Waals surface area contributed by atoms with Gasteiger partial charge in [0.15, 0.2) is 0 Å². The Morgan fingerprint density at radius 2 is 2.03 bits per heavy atom. The maximum atomic E-state index is 12.9. The van der Waals surface area contributed by atoms with Gasteiger partial charge in [-0.1, -0.05) is 18.2 Å². The Morgan fingerprint density at radius 1 is 1.12 bits per heavy atom. The van der Waals surface area contributed by atoms with E-state index in [-0.39, 0.29) is 17.9 Å². The first-order valence-electron chi connectivity index (χ1n) is 10.9. The minimum absolute atomic E-state index is 0.00219. The van der Waals surface area contributed by atoms with Crippen LogP contribution in [-0.4, -0.2) is 62.8 Å². The Kier molecular flexibility index (Phi) is 5.95. The van der Waals surface area contributed by atoms with E-state index < -0.39 is 0 Å². The first-order valence-corrected chi connectivity index (χ1v) is 10.9. The molecule has 4 heterocycles. The molecular formula is C24H24N6O3. The van der Waals surface area contributed by atoms with Crippen LogP contribution in [0.4, 0.5) is 11.5 Å².